The molecule has 1 rings (SSSR count). The molecule has 19 heavy (non-hydrogen) atoms. The lowest BCUT2D eigenvalue weighted by molar-refractivity contribution is 0.0801. The third-order valence-corrected chi connectivity index (χ3v) is 2.59. The van der Waals surface area contributed by atoms with Crippen LogP contribution in [0.15, 0.2) is 24.3 Å². The fourth-order valence-corrected chi connectivity index (χ4v) is 1.61. The molecule has 0 bridgehead atoms. The quantitative estimate of drug-likeness (QED) is 0.754. The highest BCUT2D eigenvalue weighted by Gasteiger charge is 2.18. The van der Waals surface area contributed by atoms with E-state index >= 15 is 0 Å². The van der Waals surface area contributed by atoms with Crippen LogP contribution in [0, 0.1) is 5.82 Å². The summed E-state index contributed by atoms with van der Waals surface area (Å²) in [6.45, 7) is 4.87. The summed E-state index contributed by atoms with van der Waals surface area (Å²) in [4.78, 5) is 0. The van der Waals surface area contributed by atoms with E-state index in [4.69, 9.17) is 9.47 Å². The second-order valence-corrected chi connectivity index (χ2v) is 5.09. The van der Waals surface area contributed by atoms with Gasteiger partial charge < -0.3 is 19.9 Å². The van der Waals surface area contributed by atoms with Gasteiger partial charge in [-0.05, 0) is 26.0 Å². The highest BCUT2D eigenvalue weighted by atomic mass is 19.1. The van der Waals surface area contributed by atoms with Crippen molar-refractivity contribution < 1.29 is 19.0 Å². The van der Waals surface area contributed by atoms with Crippen molar-refractivity contribution in [2.45, 2.75) is 25.5 Å². The fraction of sp³-hybridized carbons (Fsp3) is 0.571. The van der Waals surface area contributed by atoms with Crippen LogP contribution in [0.25, 0.3) is 0 Å². The molecule has 0 radical (unpaired) electrons. The van der Waals surface area contributed by atoms with Gasteiger partial charge in [-0.3, -0.25) is 0 Å². The summed E-state index contributed by atoms with van der Waals surface area (Å²) in [5.74, 6) is -0.278. The van der Waals surface area contributed by atoms with Gasteiger partial charge in [-0.15, -0.1) is 0 Å². The van der Waals surface area contributed by atoms with E-state index in [1.54, 1.807) is 19.2 Å². The van der Waals surface area contributed by atoms with Gasteiger partial charge in [0.1, 0.15) is 12.7 Å². The minimum absolute atomic E-state index is 0.0387. The Bertz CT molecular complexity index is 385. The molecule has 4 nitrogen and oxygen atoms in total. The van der Waals surface area contributed by atoms with Crippen molar-refractivity contribution in [1.29, 1.82) is 0 Å². The van der Waals surface area contributed by atoms with Crippen LogP contribution in [0.4, 0.5) is 4.39 Å². The average Bonchev–Trinajstić information content (AvgIpc) is 2.35. The van der Waals surface area contributed by atoms with E-state index in [1.807, 2.05) is 13.8 Å². The molecule has 2 N–H and O–H groups in total. The number of benzene rings is 1. The third-order valence-electron chi connectivity index (χ3n) is 2.59. The summed E-state index contributed by atoms with van der Waals surface area (Å²) >= 11 is 0. The van der Waals surface area contributed by atoms with Gasteiger partial charge >= 0.3 is 0 Å². The van der Waals surface area contributed by atoms with E-state index in [9.17, 15) is 9.50 Å². The van der Waals surface area contributed by atoms with Crippen LogP contribution in [-0.4, -0.2) is 43.6 Å². The summed E-state index contributed by atoms with van der Waals surface area (Å²) in [5.41, 5.74) is -0.228. The Kier molecular flexibility index (Phi) is 6.21. The predicted octanol–water partition coefficient (Wildman–Crippen LogP) is 1.58. The van der Waals surface area contributed by atoms with Crippen LogP contribution >= 0.6 is 0 Å². The molecular weight excluding hydrogens is 249 g/mol. The average molecular weight is 271 g/mol. The second-order valence-electron chi connectivity index (χ2n) is 5.09. The summed E-state index contributed by atoms with van der Waals surface area (Å²) in [6.07, 6.45) is -0.712. The van der Waals surface area contributed by atoms with Crippen molar-refractivity contribution in [2.75, 3.05) is 26.9 Å². The minimum Gasteiger partial charge on any atom is -0.488 e. The topological polar surface area (TPSA) is 50.7 Å². The highest BCUT2D eigenvalue weighted by Crippen LogP contribution is 2.15. The molecule has 0 amide bonds. The van der Waals surface area contributed by atoms with E-state index in [1.165, 1.54) is 12.1 Å². The molecule has 5 heteroatoms. The first kappa shape index (κ1) is 15.9. The fourth-order valence-electron chi connectivity index (χ4n) is 1.61. The highest BCUT2D eigenvalue weighted by molar-refractivity contribution is 5.23. The maximum atomic E-state index is 13.3. The molecule has 1 unspecified atom stereocenters. The lowest BCUT2D eigenvalue weighted by atomic mass is 10.1. The van der Waals surface area contributed by atoms with Crippen molar-refractivity contribution in [3.63, 3.8) is 0 Å². The van der Waals surface area contributed by atoms with Gasteiger partial charge in [-0.25, -0.2) is 4.39 Å². The molecule has 1 aromatic rings. The van der Waals surface area contributed by atoms with Crippen molar-refractivity contribution in [3.8, 4) is 5.75 Å². The van der Waals surface area contributed by atoms with Crippen molar-refractivity contribution in [1.82, 2.24) is 5.32 Å². The molecular formula is C14H22FNO3. The number of aliphatic hydroxyl groups is 1. The number of halogens is 1. The molecule has 1 aromatic carbocycles. The molecule has 0 aliphatic heterocycles. The van der Waals surface area contributed by atoms with Crippen LogP contribution < -0.4 is 10.1 Å². The first-order valence-electron chi connectivity index (χ1n) is 6.24. The van der Waals surface area contributed by atoms with E-state index in [0.29, 0.717) is 13.2 Å². The zero-order valence-electron chi connectivity index (χ0n) is 11.6. The van der Waals surface area contributed by atoms with Crippen LogP contribution in [0.1, 0.15) is 13.8 Å². The third kappa shape index (κ3) is 6.00. The van der Waals surface area contributed by atoms with Crippen LogP contribution in [-0.2, 0) is 4.74 Å². The Morgan fingerprint density at radius 2 is 2.05 bits per heavy atom. The Hall–Kier alpha value is -1.17. The monoisotopic (exact) mass is 271 g/mol. The van der Waals surface area contributed by atoms with E-state index < -0.39 is 11.9 Å². The normalized spacial score (nSPS) is 13.3. The first-order chi connectivity index (χ1) is 8.94. The number of nitrogens with one attached hydrogen (secondary N) is 1. The van der Waals surface area contributed by atoms with Gasteiger partial charge in [0.05, 0.1) is 6.61 Å². The van der Waals surface area contributed by atoms with Crippen LogP contribution in [0.5, 0.6) is 5.75 Å². The van der Waals surface area contributed by atoms with E-state index in [0.717, 1.165) is 0 Å². The number of ether oxygens (including phenoxy) is 2. The van der Waals surface area contributed by atoms with Gasteiger partial charge in [-0.1, -0.05) is 12.1 Å². The van der Waals surface area contributed by atoms with E-state index in [2.05, 4.69) is 5.32 Å². The zero-order chi connectivity index (χ0) is 14.3. The SMILES string of the molecule is COCC(C)(C)NCC(O)COc1ccccc1F. The maximum absolute atomic E-state index is 13.3. The Balaban J connectivity index is 2.32. The Morgan fingerprint density at radius 1 is 1.37 bits per heavy atom. The standard InChI is InChI=1S/C14H22FNO3/c1-14(2,10-18-3)16-8-11(17)9-19-13-7-5-4-6-12(13)15/h4-7,11,16-17H,8-10H2,1-3H3. The predicted molar refractivity (Wildman–Crippen MR) is 71.9 cm³/mol. The van der Waals surface area contributed by atoms with Gasteiger partial charge in [0, 0.05) is 19.2 Å². The molecule has 0 saturated heterocycles. The number of β-amino-alcohol motifs (C(OH)–C–C–N with tert-alkyl or cyclic N) is 1. The largest absolute Gasteiger partial charge is 0.488 e. The molecule has 0 fully saturated rings. The number of hydrogen-bond donors (Lipinski definition) is 2. The molecule has 108 valence electrons. The van der Waals surface area contributed by atoms with Crippen LogP contribution in [0.3, 0.4) is 0 Å². The van der Waals surface area contributed by atoms with Crippen LogP contribution in [0.2, 0.25) is 0 Å². The number of methoxy groups -OCH3 is 1. The summed E-state index contributed by atoms with van der Waals surface area (Å²) in [5, 5.41) is 12.9. The summed E-state index contributed by atoms with van der Waals surface area (Å²) < 4.78 is 23.6. The second kappa shape index (κ2) is 7.43. The van der Waals surface area contributed by atoms with Crippen molar-refractivity contribution in [3.05, 3.63) is 30.1 Å². The molecule has 0 spiro atoms. The summed E-state index contributed by atoms with van der Waals surface area (Å²) in [7, 11) is 1.63. The van der Waals surface area contributed by atoms with Crippen molar-refractivity contribution in [2.24, 2.45) is 0 Å². The number of para-hydroxylation sites is 1. The molecule has 0 aliphatic rings. The van der Waals surface area contributed by atoms with Crippen molar-refractivity contribution >= 4 is 0 Å². The number of aliphatic hydroxyl groups excluding tert-OH is 1. The lowest BCUT2D eigenvalue weighted by Crippen LogP contribution is -2.47. The number of rotatable bonds is 8. The minimum atomic E-state index is -0.712. The Labute approximate surface area is 113 Å². The molecule has 0 aliphatic carbocycles. The molecule has 0 aromatic heterocycles. The summed E-state index contributed by atoms with van der Waals surface area (Å²) in [6, 6.07) is 6.13. The molecule has 0 heterocycles. The maximum Gasteiger partial charge on any atom is 0.165 e. The lowest BCUT2D eigenvalue weighted by Gasteiger charge is -2.26. The van der Waals surface area contributed by atoms with Gasteiger partial charge in [-0.2, -0.15) is 0 Å². The van der Waals surface area contributed by atoms with Gasteiger partial charge in [0.25, 0.3) is 0 Å². The Morgan fingerprint density at radius 3 is 2.68 bits per heavy atom. The van der Waals surface area contributed by atoms with Gasteiger partial charge in [0.15, 0.2) is 11.6 Å². The smallest absolute Gasteiger partial charge is 0.165 e. The van der Waals surface area contributed by atoms with Gasteiger partial charge in [0.2, 0.25) is 0 Å². The molecule has 1 atom stereocenters. The molecule has 0 saturated carbocycles. The number of hydrogen-bond acceptors (Lipinski definition) is 4. The first-order valence-corrected chi connectivity index (χ1v) is 6.24. The zero-order valence-corrected chi connectivity index (χ0v) is 11.6. The van der Waals surface area contributed by atoms with E-state index in [-0.39, 0.29) is 17.9 Å².